The zero-order valence-electron chi connectivity index (χ0n) is 13.1. The second-order valence-electron chi connectivity index (χ2n) is 6.09. The van der Waals surface area contributed by atoms with Gasteiger partial charge < -0.3 is 9.73 Å². The lowest BCUT2D eigenvalue weighted by Gasteiger charge is -2.26. The van der Waals surface area contributed by atoms with Crippen LogP contribution in [0.15, 0.2) is 63.8 Å². The van der Waals surface area contributed by atoms with Gasteiger partial charge in [-0.2, -0.15) is 0 Å². The summed E-state index contributed by atoms with van der Waals surface area (Å²) in [6.45, 7) is 0. The molecule has 0 fully saturated rings. The van der Waals surface area contributed by atoms with E-state index in [-0.39, 0.29) is 23.1 Å². The van der Waals surface area contributed by atoms with Crippen LogP contribution in [-0.4, -0.2) is 5.91 Å². The number of nitrogens with one attached hydrogen (secondary N) is 1. The molecule has 3 aromatic rings. The first-order valence-corrected chi connectivity index (χ1v) is 8.14. The molecule has 120 valence electrons. The maximum atomic E-state index is 12.6. The Morgan fingerprint density at radius 3 is 2.79 bits per heavy atom. The summed E-state index contributed by atoms with van der Waals surface area (Å²) >= 11 is 0. The van der Waals surface area contributed by atoms with Crippen LogP contribution in [0.5, 0.6) is 0 Å². The van der Waals surface area contributed by atoms with Crippen LogP contribution in [0.2, 0.25) is 0 Å². The molecule has 0 bridgehead atoms. The van der Waals surface area contributed by atoms with E-state index in [2.05, 4.69) is 17.4 Å². The standard InChI is InChI=1S/C20H17NO3/c22-17-12-19(24-18-11-4-3-9-15(17)18)20(23)21-16-10-5-7-13-6-1-2-8-14(13)16/h1-4,6,8-9,11-12,16H,5,7,10H2,(H,21,23). The number of amides is 1. The first-order chi connectivity index (χ1) is 11.7. The van der Waals surface area contributed by atoms with Crippen molar-refractivity contribution in [3.63, 3.8) is 0 Å². The fourth-order valence-corrected chi connectivity index (χ4v) is 3.35. The third-order valence-electron chi connectivity index (χ3n) is 4.53. The van der Waals surface area contributed by atoms with Crippen LogP contribution in [0.4, 0.5) is 0 Å². The third-order valence-corrected chi connectivity index (χ3v) is 4.53. The Morgan fingerprint density at radius 1 is 1.08 bits per heavy atom. The zero-order chi connectivity index (χ0) is 16.5. The van der Waals surface area contributed by atoms with Crippen LogP contribution in [-0.2, 0) is 6.42 Å². The van der Waals surface area contributed by atoms with Crippen molar-refractivity contribution in [3.05, 3.63) is 81.7 Å². The Morgan fingerprint density at radius 2 is 1.88 bits per heavy atom. The molecule has 1 unspecified atom stereocenters. The third kappa shape index (κ3) is 2.60. The smallest absolute Gasteiger partial charge is 0.287 e. The predicted octanol–water partition coefficient (Wildman–Crippen LogP) is 3.60. The molecule has 24 heavy (non-hydrogen) atoms. The summed E-state index contributed by atoms with van der Waals surface area (Å²) in [5, 5.41) is 3.50. The second kappa shape index (κ2) is 5.96. The molecule has 1 N–H and O–H groups in total. The zero-order valence-corrected chi connectivity index (χ0v) is 13.1. The van der Waals surface area contributed by atoms with E-state index in [1.807, 2.05) is 12.1 Å². The van der Waals surface area contributed by atoms with E-state index in [0.29, 0.717) is 11.0 Å². The molecule has 0 aliphatic heterocycles. The van der Waals surface area contributed by atoms with E-state index in [1.54, 1.807) is 24.3 Å². The van der Waals surface area contributed by atoms with Gasteiger partial charge in [-0.25, -0.2) is 0 Å². The number of rotatable bonds is 2. The van der Waals surface area contributed by atoms with Crippen LogP contribution in [0.1, 0.15) is 40.6 Å². The number of benzene rings is 2. The lowest BCUT2D eigenvalue weighted by molar-refractivity contribution is 0.0905. The predicted molar refractivity (Wildman–Crippen MR) is 92.1 cm³/mol. The molecule has 1 amide bonds. The van der Waals surface area contributed by atoms with E-state index in [4.69, 9.17) is 4.42 Å². The van der Waals surface area contributed by atoms with Gasteiger partial charge in [0.25, 0.3) is 5.91 Å². The van der Waals surface area contributed by atoms with Crippen LogP contribution in [0, 0.1) is 0 Å². The lowest BCUT2D eigenvalue weighted by atomic mass is 9.88. The highest BCUT2D eigenvalue weighted by molar-refractivity contribution is 5.93. The van der Waals surface area contributed by atoms with Crippen molar-refractivity contribution in [1.29, 1.82) is 0 Å². The van der Waals surface area contributed by atoms with Crippen molar-refractivity contribution in [2.75, 3.05) is 0 Å². The van der Waals surface area contributed by atoms with Gasteiger partial charge in [-0.15, -0.1) is 0 Å². The van der Waals surface area contributed by atoms with E-state index in [0.717, 1.165) is 24.8 Å². The summed E-state index contributed by atoms with van der Waals surface area (Å²) in [7, 11) is 0. The topological polar surface area (TPSA) is 59.3 Å². The monoisotopic (exact) mass is 319 g/mol. The quantitative estimate of drug-likeness (QED) is 0.785. The Hall–Kier alpha value is -2.88. The minimum absolute atomic E-state index is 0.0424. The van der Waals surface area contributed by atoms with Gasteiger partial charge in [0, 0.05) is 6.07 Å². The summed E-state index contributed by atoms with van der Waals surface area (Å²) < 4.78 is 5.62. The highest BCUT2D eigenvalue weighted by Crippen LogP contribution is 2.29. The minimum atomic E-state index is -0.348. The number of fused-ring (bicyclic) bond motifs is 2. The molecular weight excluding hydrogens is 302 g/mol. The molecule has 1 aliphatic carbocycles. The largest absolute Gasteiger partial charge is 0.451 e. The molecule has 4 nitrogen and oxygen atoms in total. The minimum Gasteiger partial charge on any atom is -0.451 e. The summed E-state index contributed by atoms with van der Waals surface area (Å²) in [5.74, 6) is -0.290. The van der Waals surface area contributed by atoms with Gasteiger partial charge in [0.1, 0.15) is 5.58 Å². The molecule has 0 spiro atoms. The highest BCUT2D eigenvalue weighted by atomic mass is 16.3. The number of carbonyl (C=O) groups is 1. The highest BCUT2D eigenvalue weighted by Gasteiger charge is 2.23. The summed E-state index contributed by atoms with van der Waals surface area (Å²) in [6, 6.07) is 16.3. The molecule has 1 aliphatic rings. The normalized spacial score (nSPS) is 16.6. The van der Waals surface area contributed by atoms with Gasteiger partial charge in [0.2, 0.25) is 0 Å². The molecule has 0 saturated heterocycles. The average molecular weight is 319 g/mol. The lowest BCUT2D eigenvalue weighted by Crippen LogP contribution is -2.31. The van der Waals surface area contributed by atoms with Crippen molar-refractivity contribution >= 4 is 16.9 Å². The fraction of sp³-hybridized carbons (Fsp3) is 0.200. The second-order valence-corrected chi connectivity index (χ2v) is 6.09. The molecule has 4 rings (SSSR count). The first kappa shape index (κ1) is 14.7. The van der Waals surface area contributed by atoms with Crippen molar-refractivity contribution in [1.82, 2.24) is 5.32 Å². The van der Waals surface area contributed by atoms with Crippen LogP contribution >= 0.6 is 0 Å². The molecule has 4 heteroatoms. The maximum absolute atomic E-state index is 12.6. The average Bonchev–Trinajstić information content (AvgIpc) is 2.62. The van der Waals surface area contributed by atoms with Crippen molar-refractivity contribution in [2.24, 2.45) is 0 Å². The molecule has 2 aromatic carbocycles. The van der Waals surface area contributed by atoms with Crippen LogP contribution in [0.3, 0.4) is 0 Å². The Labute approximate surface area is 139 Å². The van der Waals surface area contributed by atoms with E-state index in [9.17, 15) is 9.59 Å². The Bertz CT molecular complexity index is 974. The summed E-state index contributed by atoms with van der Waals surface area (Å²) in [4.78, 5) is 24.7. The molecule has 0 radical (unpaired) electrons. The number of carbonyl (C=O) groups excluding carboxylic acids is 1. The van der Waals surface area contributed by atoms with Crippen molar-refractivity contribution < 1.29 is 9.21 Å². The SMILES string of the molecule is O=C(NC1CCCc2ccccc21)c1cc(=O)c2ccccc2o1. The first-order valence-electron chi connectivity index (χ1n) is 8.14. The van der Waals surface area contributed by atoms with Gasteiger partial charge in [-0.05, 0) is 42.5 Å². The maximum Gasteiger partial charge on any atom is 0.287 e. The number of para-hydroxylation sites is 1. The Kier molecular flexibility index (Phi) is 3.65. The number of aryl methyl sites for hydroxylation is 1. The van der Waals surface area contributed by atoms with E-state index in [1.165, 1.54) is 11.6 Å². The van der Waals surface area contributed by atoms with Gasteiger partial charge in [-0.1, -0.05) is 36.4 Å². The van der Waals surface area contributed by atoms with Crippen molar-refractivity contribution in [3.8, 4) is 0 Å². The van der Waals surface area contributed by atoms with Crippen LogP contribution < -0.4 is 10.7 Å². The molecule has 0 saturated carbocycles. The molecule has 1 aromatic heterocycles. The number of hydrogen-bond donors (Lipinski definition) is 1. The van der Waals surface area contributed by atoms with Gasteiger partial charge in [-0.3, -0.25) is 9.59 Å². The fourth-order valence-electron chi connectivity index (χ4n) is 3.35. The van der Waals surface area contributed by atoms with Gasteiger partial charge in [0.05, 0.1) is 11.4 Å². The molecular formula is C20H17NO3. The Balaban J connectivity index is 1.65. The summed E-state index contributed by atoms with van der Waals surface area (Å²) in [5.41, 5.74) is 2.65. The van der Waals surface area contributed by atoms with Crippen molar-refractivity contribution in [2.45, 2.75) is 25.3 Å². The van der Waals surface area contributed by atoms with Gasteiger partial charge >= 0.3 is 0 Å². The van der Waals surface area contributed by atoms with E-state index >= 15 is 0 Å². The number of hydrogen-bond acceptors (Lipinski definition) is 3. The van der Waals surface area contributed by atoms with E-state index < -0.39 is 0 Å². The van der Waals surface area contributed by atoms with Gasteiger partial charge in [0.15, 0.2) is 11.2 Å². The van der Waals surface area contributed by atoms with Crippen LogP contribution in [0.25, 0.3) is 11.0 Å². The molecule has 1 heterocycles. The molecule has 1 atom stereocenters. The summed E-state index contributed by atoms with van der Waals surface area (Å²) in [6.07, 6.45) is 2.96.